The summed E-state index contributed by atoms with van der Waals surface area (Å²) in [4.78, 5) is 38.4. The van der Waals surface area contributed by atoms with Crippen LogP contribution < -0.4 is 9.47 Å². The summed E-state index contributed by atoms with van der Waals surface area (Å²) in [6.45, 7) is 3.41. The minimum absolute atomic E-state index is 0.0173. The Balaban J connectivity index is 1.34. The molecule has 1 fully saturated rings. The van der Waals surface area contributed by atoms with Crippen LogP contribution in [0.5, 0.6) is 11.5 Å². The van der Waals surface area contributed by atoms with Crippen LogP contribution in [-0.2, 0) is 11.3 Å². The number of nitrogens with zero attached hydrogens (tertiary/aromatic N) is 6. The zero-order valence-corrected chi connectivity index (χ0v) is 21.6. The predicted molar refractivity (Wildman–Crippen MR) is 140 cm³/mol. The molecule has 38 heavy (non-hydrogen) atoms. The molecule has 2 aromatic heterocycles. The lowest BCUT2D eigenvalue weighted by atomic mass is 9.75. The summed E-state index contributed by atoms with van der Waals surface area (Å²) in [5, 5.41) is 4.07. The van der Waals surface area contributed by atoms with E-state index in [2.05, 4.69) is 15.1 Å². The molecule has 0 saturated carbocycles. The molecule has 3 aliphatic rings. The van der Waals surface area contributed by atoms with E-state index < -0.39 is 0 Å². The summed E-state index contributed by atoms with van der Waals surface area (Å²) in [6.07, 6.45) is 10.9. The van der Waals surface area contributed by atoms with Crippen LogP contribution in [-0.4, -0.2) is 80.8 Å². The fourth-order valence-electron chi connectivity index (χ4n) is 5.24. The molecule has 10 heteroatoms. The van der Waals surface area contributed by atoms with E-state index in [0.717, 1.165) is 37.9 Å². The van der Waals surface area contributed by atoms with Crippen molar-refractivity contribution in [3.05, 3.63) is 67.0 Å². The number of piperidine rings is 1. The first kappa shape index (κ1) is 25.7. The molecule has 1 aromatic carbocycles. The Bertz CT molecular complexity index is 1200. The van der Waals surface area contributed by atoms with E-state index in [0.29, 0.717) is 50.7 Å². The van der Waals surface area contributed by atoms with Gasteiger partial charge in [0.15, 0.2) is 0 Å². The Morgan fingerprint density at radius 2 is 1.87 bits per heavy atom. The molecule has 6 rings (SSSR count). The van der Waals surface area contributed by atoms with Gasteiger partial charge in [0, 0.05) is 31.2 Å². The third-order valence-corrected chi connectivity index (χ3v) is 7.53. The Hall–Kier alpha value is -3.95. The number of benzene rings is 1. The van der Waals surface area contributed by atoms with Crippen molar-refractivity contribution in [1.82, 2.24) is 29.5 Å². The van der Waals surface area contributed by atoms with Crippen LogP contribution in [0.2, 0.25) is 0 Å². The smallest absolute Gasteiger partial charge is 0.257 e. The summed E-state index contributed by atoms with van der Waals surface area (Å²) in [7, 11) is 0. The second kappa shape index (κ2) is 12.1. The quantitative estimate of drug-likeness (QED) is 0.511. The van der Waals surface area contributed by atoms with Gasteiger partial charge in [-0.3, -0.25) is 14.6 Å². The van der Waals surface area contributed by atoms with Gasteiger partial charge in [0.1, 0.15) is 37.3 Å². The lowest BCUT2D eigenvalue weighted by molar-refractivity contribution is -0.132. The lowest BCUT2D eigenvalue weighted by Gasteiger charge is -2.42. The zero-order chi connectivity index (χ0) is 26.2. The molecule has 2 bridgehead atoms. The highest BCUT2D eigenvalue weighted by Crippen LogP contribution is 2.38. The maximum Gasteiger partial charge on any atom is 0.257 e. The van der Waals surface area contributed by atoms with Crippen LogP contribution in [0.3, 0.4) is 0 Å². The number of rotatable bonds is 5. The van der Waals surface area contributed by atoms with Crippen LogP contribution in [0.4, 0.5) is 0 Å². The van der Waals surface area contributed by atoms with Gasteiger partial charge in [-0.1, -0.05) is 18.6 Å². The second-order valence-corrected chi connectivity index (χ2v) is 10.0. The van der Waals surface area contributed by atoms with Gasteiger partial charge in [-0.05, 0) is 49.9 Å². The SMILES string of the molecule is O=C(Cn1cncn1)N1CCCCC2(COc3cccnc3)CCN(CC2)C(=O)c2ccccc2OCC1. The van der Waals surface area contributed by atoms with Crippen molar-refractivity contribution in [3.8, 4) is 11.5 Å². The number of fused-ring (bicyclic) bond motifs is 9. The summed E-state index contributed by atoms with van der Waals surface area (Å²) >= 11 is 0. The molecule has 0 atom stereocenters. The average molecular weight is 519 g/mol. The first-order chi connectivity index (χ1) is 18.6. The highest BCUT2D eigenvalue weighted by Gasteiger charge is 2.37. The first-order valence-corrected chi connectivity index (χ1v) is 13.3. The van der Waals surface area contributed by atoms with E-state index in [9.17, 15) is 9.59 Å². The molecular formula is C28H34N6O4. The van der Waals surface area contributed by atoms with Crippen molar-refractivity contribution < 1.29 is 19.1 Å². The number of hydrogen-bond acceptors (Lipinski definition) is 7. The van der Waals surface area contributed by atoms with Gasteiger partial charge in [0.2, 0.25) is 5.91 Å². The molecule has 10 nitrogen and oxygen atoms in total. The Morgan fingerprint density at radius 3 is 2.66 bits per heavy atom. The fourth-order valence-corrected chi connectivity index (χ4v) is 5.24. The van der Waals surface area contributed by atoms with Crippen molar-refractivity contribution in [2.24, 2.45) is 5.41 Å². The van der Waals surface area contributed by atoms with Crippen LogP contribution >= 0.6 is 0 Å². The largest absolute Gasteiger partial charge is 0.491 e. The van der Waals surface area contributed by atoms with Crippen molar-refractivity contribution >= 4 is 11.8 Å². The summed E-state index contributed by atoms with van der Waals surface area (Å²) in [5.74, 6) is 1.26. The predicted octanol–water partition coefficient (Wildman–Crippen LogP) is 3.07. The van der Waals surface area contributed by atoms with Gasteiger partial charge in [-0.25, -0.2) is 9.67 Å². The second-order valence-electron chi connectivity index (χ2n) is 10.0. The fraction of sp³-hybridized carbons (Fsp3) is 0.464. The molecule has 1 saturated heterocycles. The maximum absolute atomic E-state index is 13.5. The standard InChI is InChI=1S/C28H34N6O4/c35-26(19-34-22-30-21-31-34)32-13-4-3-9-28(20-38-23-6-5-12-29-18-23)10-14-33(15-11-28)27(36)24-7-1-2-8-25(24)37-17-16-32/h1-2,5-8,12,18,21-22H,3-4,9-11,13-17,19-20H2. The van der Waals surface area contributed by atoms with E-state index >= 15 is 0 Å². The minimum atomic E-state index is -0.0433. The summed E-state index contributed by atoms with van der Waals surface area (Å²) in [6, 6.07) is 11.2. The van der Waals surface area contributed by atoms with Crippen molar-refractivity contribution in [1.29, 1.82) is 0 Å². The van der Waals surface area contributed by atoms with Crippen LogP contribution in [0, 0.1) is 5.41 Å². The molecule has 3 aromatic rings. The molecule has 5 heterocycles. The third-order valence-electron chi connectivity index (χ3n) is 7.53. The van der Waals surface area contributed by atoms with E-state index in [1.165, 1.54) is 11.0 Å². The third kappa shape index (κ3) is 6.30. The number of amides is 2. The van der Waals surface area contributed by atoms with Crippen molar-refractivity contribution in [2.75, 3.05) is 39.4 Å². The molecule has 0 N–H and O–H groups in total. The zero-order valence-electron chi connectivity index (χ0n) is 21.6. The van der Waals surface area contributed by atoms with Gasteiger partial charge in [0.05, 0.1) is 24.9 Å². The van der Waals surface area contributed by atoms with Crippen LogP contribution in [0.25, 0.3) is 0 Å². The topological polar surface area (TPSA) is 103 Å². The molecule has 0 radical (unpaired) electrons. The number of carbonyl (C=O) groups excluding carboxylic acids is 2. The van der Waals surface area contributed by atoms with E-state index in [4.69, 9.17) is 9.47 Å². The van der Waals surface area contributed by atoms with Gasteiger partial charge in [-0.2, -0.15) is 5.10 Å². The average Bonchev–Trinajstić information content (AvgIpc) is 3.46. The van der Waals surface area contributed by atoms with Crippen molar-refractivity contribution in [2.45, 2.75) is 38.6 Å². The molecular weight excluding hydrogens is 484 g/mol. The van der Waals surface area contributed by atoms with Gasteiger partial charge in [0.25, 0.3) is 5.91 Å². The van der Waals surface area contributed by atoms with Crippen molar-refractivity contribution in [3.63, 3.8) is 0 Å². The molecule has 0 unspecified atom stereocenters. The number of pyridine rings is 1. The van der Waals surface area contributed by atoms with E-state index in [1.807, 2.05) is 46.2 Å². The van der Waals surface area contributed by atoms with Gasteiger partial charge >= 0.3 is 0 Å². The normalized spacial score (nSPS) is 18.2. The number of aromatic nitrogens is 4. The number of para-hydroxylation sites is 1. The van der Waals surface area contributed by atoms with Gasteiger partial charge < -0.3 is 19.3 Å². The highest BCUT2D eigenvalue weighted by molar-refractivity contribution is 5.97. The number of carbonyl (C=O) groups is 2. The lowest BCUT2D eigenvalue weighted by Crippen LogP contribution is -2.45. The van der Waals surface area contributed by atoms with E-state index in [-0.39, 0.29) is 23.8 Å². The van der Waals surface area contributed by atoms with Gasteiger partial charge in [-0.15, -0.1) is 0 Å². The van der Waals surface area contributed by atoms with E-state index in [1.54, 1.807) is 18.7 Å². The number of ether oxygens (including phenoxy) is 2. The minimum Gasteiger partial charge on any atom is -0.491 e. The summed E-state index contributed by atoms with van der Waals surface area (Å²) in [5.41, 5.74) is 0.514. The molecule has 3 aliphatic heterocycles. The molecule has 0 aliphatic carbocycles. The highest BCUT2D eigenvalue weighted by atomic mass is 16.5. The molecule has 2 amide bonds. The van der Waals surface area contributed by atoms with Crippen LogP contribution in [0.1, 0.15) is 42.5 Å². The maximum atomic E-state index is 13.5. The Morgan fingerprint density at radius 1 is 1.00 bits per heavy atom. The Kier molecular flexibility index (Phi) is 8.15. The first-order valence-electron chi connectivity index (χ1n) is 13.3. The number of hydrogen-bond donors (Lipinski definition) is 0. The molecule has 200 valence electrons. The van der Waals surface area contributed by atoms with Crippen LogP contribution in [0.15, 0.2) is 61.4 Å². The molecule has 0 spiro atoms. The Labute approximate surface area is 222 Å². The summed E-state index contributed by atoms with van der Waals surface area (Å²) < 4.78 is 13.8. The monoisotopic (exact) mass is 518 g/mol.